The van der Waals surface area contributed by atoms with Crippen LogP contribution in [0.15, 0.2) is 73.2 Å². The zero-order valence-corrected chi connectivity index (χ0v) is 15.1. The quantitative estimate of drug-likeness (QED) is 0.688. The minimum absolute atomic E-state index is 0.0114. The highest BCUT2D eigenvalue weighted by molar-refractivity contribution is 6.31. The van der Waals surface area contributed by atoms with E-state index in [0.29, 0.717) is 24.4 Å². The molecule has 0 bridgehead atoms. The molecule has 0 saturated heterocycles. The number of rotatable bonds is 7. The van der Waals surface area contributed by atoms with Gasteiger partial charge in [-0.2, -0.15) is 0 Å². The first-order valence-corrected chi connectivity index (χ1v) is 8.93. The van der Waals surface area contributed by atoms with Crippen molar-refractivity contribution in [3.05, 3.63) is 95.0 Å². The summed E-state index contributed by atoms with van der Waals surface area (Å²) in [5.74, 6) is -0.0934. The van der Waals surface area contributed by atoms with Gasteiger partial charge in [0.2, 0.25) is 5.91 Å². The molecule has 2 aromatic carbocycles. The van der Waals surface area contributed by atoms with Crippen molar-refractivity contribution in [3.8, 4) is 0 Å². The van der Waals surface area contributed by atoms with Crippen molar-refractivity contribution in [3.63, 3.8) is 0 Å². The number of carbonyl (C=O) groups excluding carboxylic acids is 1. The summed E-state index contributed by atoms with van der Waals surface area (Å²) < 4.78 is 0. The number of carbonyl (C=O) groups is 1. The molecule has 4 nitrogen and oxygen atoms in total. The second kappa shape index (κ2) is 9.11. The van der Waals surface area contributed by atoms with Crippen molar-refractivity contribution < 1.29 is 4.79 Å². The zero-order chi connectivity index (χ0) is 18.2. The summed E-state index contributed by atoms with van der Waals surface area (Å²) in [6, 6.07) is 17.7. The van der Waals surface area contributed by atoms with Gasteiger partial charge in [0, 0.05) is 48.9 Å². The van der Waals surface area contributed by atoms with Gasteiger partial charge >= 0.3 is 0 Å². The van der Waals surface area contributed by atoms with E-state index in [1.165, 1.54) is 0 Å². The standard InChI is InChI=1S/C21H20ClN3O/c22-20-9-5-4-8-18(20)19(16-6-2-1-3-7-16)14-21(26)25-11-10-17-15-23-12-13-24-17/h1-9,12-13,15,19H,10-11,14H2,(H,25,26)/t19-/m1/s1. The molecule has 0 fully saturated rings. The Kier molecular flexibility index (Phi) is 6.34. The third-order valence-corrected chi connectivity index (χ3v) is 4.54. The third kappa shape index (κ3) is 4.90. The Morgan fingerprint density at radius 3 is 2.54 bits per heavy atom. The summed E-state index contributed by atoms with van der Waals surface area (Å²) >= 11 is 6.39. The number of amides is 1. The first-order chi connectivity index (χ1) is 12.7. The molecule has 0 spiro atoms. The van der Waals surface area contributed by atoms with Gasteiger partial charge in [-0.3, -0.25) is 14.8 Å². The van der Waals surface area contributed by atoms with E-state index >= 15 is 0 Å². The van der Waals surface area contributed by atoms with E-state index in [2.05, 4.69) is 15.3 Å². The second-order valence-electron chi connectivity index (χ2n) is 5.99. The average Bonchev–Trinajstić information content (AvgIpc) is 2.68. The SMILES string of the molecule is O=C(C[C@H](c1ccccc1)c1ccccc1Cl)NCCc1cnccn1. The molecule has 5 heteroatoms. The van der Waals surface area contributed by atoms with E-state index in [4.69, 9.17) is 11.6 Å². The minimum Gasteiger partial charge on any atom is -0.356 e. The molecule has 0 unspecified atom stereocenters. The van der Waals surface area contributed by atoms with Crippen molar-refractivity contribution >= 4 is 17.5 Å². The summed E-state index contributed by atoms with van der Waals surface area (Å²) in [6.45, 7) is 0.529. The van der Waals surface area contributed by atoms with Gasteiger partial charge in [0.15, 0.2) is 0 Å². The summed E-state index contributed by atoms with van der Waals surface area (Å²) in [6.07, 6.45) is 5.99. The van der Waals surface area contributed by atoms with Gasteiger partial charge < -0.3 is 5.32 Å². The Bertz CT molecular complexity index is 840. The second-order valence-corrected chi connectivity index (χ2v) is 6.39. The maximum absolute atomic E-state index is 12.5. The lowest BCUT2D eigenvalue weighted by atomic mass is 9.88. The number of halogens is 1. The molecule has 1 aromatic heterocycles. The molecule has 26 heavy (non-hydrogen) atoms. The van der Waals surface area contributed by atoms with E-state index < -0.39 is 0 Å². The normalized spacial score (nSPS) is 11.7. The van der Waals surface area contributed by atoms with Gasteiger partial charge in [-0.05, 0) is 17.2 Å². The minimum atomic E-state index is -0.0820. The predicted octanol–water partition coefficient (Wildman–Crippen LogP) is 4.01. The third-order valence-electron chi connectivity index (χ3n) is 4.19. The van der Waals surface area contributed by atoms with Crippen molar-refractivity contribution in [2.75, 3.05) is 6.54 Å². The van der Waals surface area contributed by atoms with E-state index in [9.17, 15) is 4.79 Å². The van der Waals surface area contributed by atoms with E-state index in [1.54, 1.807) is 18.6 Å². The highest BCUT2D eigenvalue weighted by Crippen LogP contribution is 2.32. The van der Waals surface area contributed by atoms with Gasteiger partial charge in [0.05, 0.1) is 5.69 Å². The summed E-state index contributed by atoms with van der Waals surface area (Å²) in [7, 11) is 0. The molecule has 0 radical (unpaired) electrons. The molecule has 0 saturated carbocycles. The summed E-state index contributed by atoms with van der Waals surface area (Å²) in [5.41, 5.74) is 2.90. The Labute approximate surface area is 158 Å². The van der Waals surface area contributed by atoms with Crippen molar-refractivity contribution in [2.45, 2.75) is 18.8 Å². The topological polar surface area (TPSA) is 54.9 Å². The number of benzene rings is 2. The van der Waals surface area contributed by atoms with Crippen LogP contribution >= 0.6 is 11.6 Å². The molecule has 0 aliphatic heterocycles. The number of nitrogens with one attached hydrogen (secondary N) is 1. The molecular weight excluding hydrogens is 346 g/mol. The molecule has 3 rings (SSSR count). The Morgan fingerprint density at radius 2 is 1.81 bits per heavy atom. The van der Waals surface area contributed by atoms with Gasteiger partial charge in [0.1, 0.15) is 0 Å². The molecule has 0 aliphatic rings. The Hall–Kier alpha value is -2.72. The van der Waals surface area contributed by atoms with Crippen molar-refractivity contribution in [1.82, 2.24) is 15.3 Å². The molecule has 1 amide bonds. The first-order valence-electron chi connectivity index (χ1n) is 8.55. The lowest BCUT2D eigenvalue weighted by Crippen LogP contribution is -2.27. The molecular formula is C21H20ClN3O. The molecule has 0 aliphatic carbocycles. The fourth-order valence-electron chi connectivity index (χ4n) is 2.90. The highest BCUT2D eigenvalue weighted by atomic mass is 35.5. The molecule has 1 atom stereocenters. The van der Waals surface area contributed by atoms with Crippen molar-refractivity contribution in [2.24, 2.45) is 0 Å². The maximum Gasteiger partial charge on any atom is 0.220 e. The number of hydrogen-bond donors (Lipinski definition) is 1. The van der Waals surface area contributed by atoms with Crippen LogP contribution in [0.5, 0.6) is 0 Å². The van der Waals surface area contributed by atoms with Gasteiger partial charge in [-0.25, -0.2) is 0 Å². The Balaban J connectivity index is 1.68. The maximum atomic E-state index is 12.5. The lowest BCUT2D eigenvalue weighted by Gasteiger charge is -2.19. The van der Waals surface area contributed by atoms with Crippen LogP contribution in [0, 0.1) is 0 Å². The molecule has 1 N–H and O–H groups in total. The summed E-state index contributed by atoms with van der Waals surface area (Å²) in [4.78, 5) is 20.8. The fourth-order valence-corrected chi connectivity index (χ4v) is 3.16. The first kappa shape index (κ1) is 18.1. The van der Waals surface area contributed by atoms with E-state index in [0.717, 1.165) is 16.8 Å². The smallest absolute Gasteiger partial charge is 0.220 e. The van der Waals surface area contributed by atoms with Crippen molar-refractivity contribution in [1.29, 1.82) is 0 Å². The van der Waals surface area contributed by atoms with Gasteiger partial charge in [-0.15, -0.1) is 0 Å². The molecule has 1 heterocycles. The molecule has 3 aromatic rings. The number of nitrogens with zero attached hydrogens (tertiary/aromatic N) is 2. The van der Waals surface area contributed by atoms with Gasteiger partial charge in [0.25, 0.3) is 0 Å². The van der Waals surface area contributed by atoms with Crippen LogP contribution in [0.4, 0.5) is 0 Å². The van der Waals surface area contributed by atoms with Crippen LogP contribution in [-0.4, -0.2) is 22.4 Å². The van der Waals surface area contributed by atoms with Crippen LogP contribution < -0.4 is 5.32 Å². The van der Waals surface area contributed by atoms with E-state index in [1.807, 2.05) is 54.6 Å². The van der Waals surface area contributed by atoms with Crippen LogP contribution in [0.2, 0.25) is 5.02 Å². The largest absolute Gasteiger partial charge is 0.356 e. The highest BCUT2D eigenvalue weighted by Gasteiger charge is 2.20. The van der Waals surface area contributed by atoms with Gasteiger partial charge in [-0.1, -0.05) is 60.1 Å². The zero-order valence-electron chi connectivity index (χ0n) is 14.3. The fraction of sp³-hybridized carbons (Fsp3) is 0.190. The number of aromatic nitrogens is 2. The summed E-state index contributed by atoms with van der Waals surface area (Å²) in [5, 5.41) is 3.65. The monoisotopic (exact) mass is 365 g/mol. The van der Waals surface area contributed by atoms with Crippen LogP contribution in [0.25, 0.3) is 0 Å². The van der Waals surface area contributed by atoms with Crippen LogP contribution in [-0.2, 0) is 11.2 Å². The van der Waals surface area contributed by atoms with E-state index in [-0.39, 0.29) is 11.8 Å². The van der Waals surface area contributed by atoms with Crippen LogP contribution in [0.3, 0.4) is 0 Å². The number of hydrogen-bond acceptors (Lipinski definition) is 3. The average molecular weight is 366 g/mol. The van der Waals surface area contributed by atoms with Crippen LogP contribution in [0.1, 0.15) is 29.2 Å². The Morgan fingerprint density at radius 1 is 1.04 bits per heavy atom. The lowest BCUT2D eigenvalue weighted by molar-refractivity contribution is -0.121. The molecule has 132 valence electrons. The predicted molar refractivity (Wildman–Crippen MR) is 103 cm³/mol.